The van der Waals surface area contributed by atoms with E-state index in [-0.39, 0.29) is 0 Å². The molecule has 7 heteroatoms. The van der Waals surface area contributed by atoms with Gasteiger partial charge in [0.25, 0.3) is 0 Å². The zero-order chi connectivity index (χ0) is 17.9. The third-order valence-corrected chi connectivity index (χ3v) is 5.14. The Bertz CT molecular complexity index is 1040. The molecule has 0 spiro atoms. The van der Waals surface area contributed by atoms with Gasteiger partial charge < -0.3 is 15.0 Å². The van der Waals surface area contributed by atoms with Crippen LogP contribution in [0.3, 0.4) is 0 Å². The first kappa shape index (κ1) is 16.9. The van der Waals surface area contributed by atoms with Crippen molar-refractivity contribution in [3.8, 4) is 5.88 Å². The Kier molecular flexibility index (Phi) is 4.79. The number of pyridine rings is 1. The number of ether oxygens (including phenoxy) is 1. The second kappa shape index (κ2) is 7.37. The van der Waals surface area contributed by atoms with Crippen LogP contribution in [-0.2, 0) is 6.54 Å². The van der Waals surface area contributed by atoms with Crippen LogP contribution in [0.2, 0.25) is 0 Å². The molecule has 0 saturated carbocycles. The molecule has 1 aromatic carbocycles. The van der Waals surface area contributed by atoms with Gasteiger partial charge in [-0.25, -0.2) is 9.50 Å². The molecule has 0 aliphatic heterocycles. The molecule has 0 atom stereocenters. The molecule has 4 rings (SSSR count). The van der Waals surface area contributed by atoms with E-state index in [1.807, 2.05) is 47.1 Å². The van der Waals surface area contributed by atoms with Gasteiger partial charge in [0.05, 0.1) is 23.2 Å². The van der Waals surface area contributed by atoms with Crippen molar-refractivity contribution in [2.75, 3.05) is 12.3 Å². The van der Waals surface area contributed by atoms with Crippen LogP contribution >= 0.6 is 15.9 Å². The van der Waals surface area contributed by atoms with E-state index in [0.29, 0.717) is 18.4 Å². The predicted octanol–water partition coefficient (Wildman–Crippen LogP) is 4.28. The molecule has 0 bridgehead atoms. The summed E-state index contributed by atoms with van der Waals surface area (Å²) in [6.07, 6.45) is 4.96. The molecule has 134 valence electrons. The number of fused-ring (bicyclic) bond motifs is 2. The van der Waals surface area contributed by atoms with Crippen molar-refractivity contribution in [3.05, 3.63) is 53.1 Å². The fourth-order valence-electron chi connectivity index (χ4n) is 3.09. The highest BCUT2D eigenvalue weighted by Gasteiger charge is 2.10. The Morgan fingerprint density at radius 2 is 1.81 bits per heavy atom. The van der Waals surface area contributed by atoms with Crippen LogP contribution in [0.5, 0.6) is 5.88 Å². The van der Waals surface area contributed by atoms with E-state index < -0.39 is 0 Å². The molecule has 0 aliphatic carbocycles. The third-order valence-electron chi connectivity index (χ3n) is 4.40. The predicted molar refractivity (Wildman–Crippen MR) is 106 cm³/mol. The molecule has 0 unspecified atom stereocenters. The lowest BCUT2D eigenvalue weighted by Crippen LogP contribution is -2.04. The molecule has 0 radical (unpaired) electrons. The minimum Gasteiger partial charge on any atom is -0.476 e. The van der Waals surface area contributed by atoms with Gasteiger partial charge in [-0.05, 0) is 59.5 Å². The maximum absolute atomic E-state index is 6.04. The Morgan fingerprint density at radius 3 is 2.69 bits per heavy atom. The average molecular weight is 414 g/mol. The first-order chi connectivity index (χ1) is 12.7. The zero-order valence-electron chi connectivity index (χ0n) is 14.3. The smallest absolute Gasteiger partial charge is 0.248 e. The number of benzene rings is 1. The zero-order valence-corrected chi connectivity index (χ0v) is 15.9. The molecule has 0 aliphatic rings. The average Bonchev–Trinajstić information content (AvgIpc) is 3.15. The van der Waals surface area contributed by atoms with Crippen LogP contribution < -0.4 is 10.5 Å². The van der Waals surface area contributed by atoms with E-state index >= 15 is 0 Å². The minimum atomic E-state index is 0.580. The monoisotopic (exact) mass is 413 g/mol. The molecular weight excluding hydrogens is 394 g/mol. The summed E-state index contributed by atoms with van der Waals surface area (Å²) >= 11 is 3.56. The number of halogens is 1. The molecule has 2 N–H and O–H groups in total. The van der Waals surface area contributed by atoms with Gasteiger partial charge in [-0.1, -0.05) is 18.2 Å². The summed E-state index contributed by atoms with van der Waals surface area (Å²) in [5, 5.41) is 4.44. The number of nitrogens with two attached hydrogens (primary N) is 1. The van der Waals surface area contributed by atoms with Gasteiger partial charge >= 0.3 is 0 Å². The lowest BCUT2D eigenvalue weighted by Gasteiger charge is -2.07. The number of nitrogens with zero attached hydrogens (tertiary/aromatic N) is 4. The second-order valence-electron chi connectivity index (χ2n) is 6.17. The molecule has 0 fully saturated rings. The van der Waals surface area contributed by atoms with Crippen LogP contribution in [0, 0.1) is 0 Å². The largest absolute Gasteiger partial charge is 0.476 e. The Labute approximate surface area is 159 Å². The van der Waals surface area contributed by atoms with Gasteiger partial charge in [-0.3, -0.25) is 0 Å². The second-order valence-corrected chi connectivity index (χ2v) is 6.96. The molecule has 3 aromatic heterocycles. The van der Waals surface area contributed by atoms with Crippen LogP contribution in [-0.4, -0.2) is 25.8 Å². The van der Waals surface area contributed by atoms with Crippen LogP contribution in [0.15, 0.2) is 53.1 Å². The van der Waals surface area contributed by atoms with E-state index in [0.717, 1.165) is 46.8 Å². The fourth-order valence-corrected chi connectivity index (χ4v) is 3.59. The highest BCUT2D eigenvalue weighted by molar-refractivity contribution is 9.10. The first-order valence-corrected chi connectivity index (χ1v) is 9.50. The molecule has 4 aromatic rings. The molecule has 6 nitrogen and oxygen atoms in total. The maximum atomic E-state index is 6.04. The highest BCUT2D eigenvalue weighted by Crippen LogP contribution is 2.28. The van der Waals surface area contributed by atoms with Gasteiger partial charge in [0, 0.05) is 12.7 Å². The summed E-state index contributed by atoms with van der Waals surface area (Å²) in [5.41, 5.74) is 9.08. The lowest BCUT2D eigenvalue weighted by molar-refractivity contribution is 0.290. The number of imidazole rings is 1. The number of rotatable bonds is 7. The fraction of sp³-hybridized carbons (Fsp3) is 0.263. The maximum Gasteiger partial charge on any atom is 0.248 e. The van der Waals surface area contributed by atoms with E-state index in [9.17, 15) is 0 Å². The highest BCUT2D eigenvalue weighted by atomic mass is 79.9. The number of hydrogen-bond acceptors (Lipinski definition) is 4. The topological polar surface area (TPSA) is 70.4 Å². The number of aryl methyl sites for hydroxylation is 1. The van der Waals surface area contributed by atoms with Crippen LogP contribution in [0.25, 0.3) is 16.6 Å². The van der Waals surface area contributed by atoms with Crippen LogP contribution in [0.1, 0.15) is 19.3 Å². The van der Waals surface area contributed by atoms with Crippen molar-refractivity contribution >= 4 is 38.4 Å². The number of unbranched alkanes of at least 4 members (excludes halogenated alkanes) is 2. The van der Waals surface area contributed by atoms with Gasteiger partial charge in [0.1, 0.15) is 4.47 Å². The summed E-state index contributed by atoms with van der Waals surface area (Å²) in [4.78, 5) is 4.40. The minimum absolute atomic E-state index is 0.580. The lowest BCUT2D eigenvalue weighted by atomic mass is 10.2. The van der Waals surface area contributed by atoms with Gasteiger partial charge in [0.15, 0.2) is 0 Å². The van der Waals surface area contributed by atoms with Crippen molar-refractivity contribution in [2.45, 2.75) is 25.8 Å². The van der Waals surface area contributed by atoms with Gasteiger partial charge in [-0.15, -0.1) is 5.10 Å². The Balaban J connectivity index is 1.27. The summed E-state index contributed by atoms with van der Waals surface area (Å²) in [6.45, 7) is 1.51. The summed E-state index contributed by atoms with van der Waals surface area (Å²) < 4.78 is 10.6. The summed E-state index contributed by atoms with van der Waals surface area (Å²) in [6, 6.07) is 14.0. The first-order valence-electron chi connectivity index (χ1n) is 8.70. The SMILES string of the molecule is Nc1nc2ccccc2n1CCCCCOc1nn2ccccc2c1Br. The van der Waals surface area contributed by atoms with E-state index in [1.54, 1.807) is 0 Å². The number of para-hydroxylation sites is 2. The van der Waals surface area contributed by atoms with Crippen molar-refractivity contribution in [1.29, 1.82) is 0 Å². The molecule has 0 amide bonds. The van der Waals surface area contributed by atoms with Crippen molar-refractivity contribution in [3.63, 3.8) is 0 Å². The quantitative estimate of drug-likeness (QED) is 0.459. The third kappa shape index (κ3) is 3.26. The Hall–Kier alpha value is -2.54. The van der Waals surface area contributed by atoms with Gasteiger partial charge in [-0.2, -0.15) is 0 Å². The number of aromatic nitrogens is 4. The molecule has 3 heterocycles. The Morgan fingerprint density at radius 1 is 1.00 bits per heavy atom. The van der Waals surface area contributed by atoms with Gasteiger partial charge in [0.2, 0.25) is 11.8 Å². The molecular formula is C19H20BrN5O. The number of anilines is 1. The van der Waals surface area contributed by atoms with E-state index in [2.05, 4.69) is 36.6 Å². The van der Waals surface area contributed by atoms with Crippen molar-refractivity contribution in [2.24, 2.45) is 0 Å². The van der Waals surface area contributed by atoms with Crippen LogP contribution in [0.4, 0.5) is 5.95 Å². The summed E-state index contributed by atoms with van der Waals surface area (Å²) in [7, 11) is 0. The van der Waals surface area contributed by atoms with E-state index in [1.165, 1.54) is 0 Å². The number of hydrogen-bond donors (Lipinski definition) is 1. The summed E-state index contributed by atoms with van der Waals surface area (Å²) in [5.74, 6) is 1.22. The van der Waals surface area contributed by atoms with Crippen molar-refractivity contribution < 1.29 is 4.74 Å². The number of nitrogen functional groups attached to an aromatic ring is 1. The van der Waals surface area contributed by atoms with E-state index in [4.69, 9.17) is 10.5 Å². The molecule has 0 saturated heterocycles. The normalized spacial score (nSPS) is 11.4. The molecule has 26 heavy (non-hydrogen) atoms. The standard InChI is InChI=1S/C19H20BrN5O/c20-17-16-10-4-6-12-25(16)23-18(17)26-13-7-1-5-11-24-15-9-3-2-8-14(15)22-19(24)21/h2-4,6,8-10,12H,1,5,7,11,13H2,(H2,21,22). The van der Waals surface area contributed by atoms with Crippen molar-refractivity contribution in [1.82, 2.24) is 19.2 Å².